The molecule has 0 aliphatic carbocycles. The Morgan fingerprint density at radius 1 is 1.46 bits per heavy atom. The molecule has 3 heterocycles. The summed E-state index contributed by atoms with van der Waals surface area (Å²) < 4.78 is 2.25. The molecule has 0 spiro atoms. The van der Waals surface area contributed by atoms with Crippen molar-refractivity contribution in [3.63, 3.8) is 0 Å². The van der Waals surface area contributed by atoms with Gasteiger partial charge in [-0.15, -0.1) is 0 Å². The quantitative estimate of drug-likeness (QED) is 0.519. The lowest BCUT2D eigenvalue weighted by Gasteiger charge is -2.16. The zero-order valence-corrected chi connectivity index (χ0v) is 9.07. The van der Waals surface area contributed by atoms with Crippen LogP contribution in [0.4, 0.5) is 0 Å². The molecule has 0 atom stereocenters. The Kier molecular flexibility index (Phi) is 2.36. The monoisotopic (exact) mass is 230 g/mol. The third-order valence-corrected chi connectivity index (χ3v) is 3.68. The maximum absolute atomic E-state index is 2.25. The average molecular weight is 231 g/mol. The number of rotatable bonds is 0. The summed E-state index contributed by atoms with van der Waals surface area (Å²) in [6, 6.07) is 0. The van der Waals surface area contributed by atoms with E-state index in [0.717, 1.165) is 6.67 Å². The molecular weight excluding hydrogens is 224 g/mol. The van der Waals surface area contributed by atoms with E-state index in [0.29, 0.717) is 0 Å². The molecule has 2 aliphatic heterocycles. The van der Waals surface area contributed by atoms with E-state index in [-0.39, 0.29) is 12.4 Å². The number of hydrogen-bond donors (Lipinski definition) is 0. The molecule has 1 aromatic rings. The number of nitrogens with zero attached hydrogens (tertiary/aromatic N) is 2. The lowest BCUT2D eigenvalue weighted by atomic mass is 10.5. The van der Waals surface area contributed by atoms with Crippen LogP contribution in [-0.4, -0.2) is 4.90 Å². The van der Waals surface area contributed by atoms with E-state index in [1.807, 2.05) is 0 Å². The maximum atomic E-state index is 2.25. The third kappa shape index (κ3) is 1.39. The van der Waals surface area contributed by atoms with Crippen molar-refractivity contribution in [3.05, 3.63) is 33.2 Å². The molecule has 0 aromatic carbocycles. The van der Waals surface area contributed by atoms with Crippen LogP contribution in [0.5, 0.6) is 0 Å². The van der Waals surface area contributed by atoms with Crippen LogP contribution in [0, 0.1) is 0 Å². The van der Waals surface area contributed by atoms with Crippen LogP contribution in [0.2, 0.25) is 0 Å². The van der Waals surface area contributed by atoms with Crippen molar-refractivity contribution in [2.45, 2.75) is 6.67 Å². The molecule has 1 aromatic heterocycles. The molecule has 3 rings (SSSR count). The van der Waals surface area contributed by atoms with Crippen molar-refractivity contribution in [1.29, 1.82) is 0 Å². The molecule has 2 nitrogen and oxygen atoms in total. The van der Waals surface area contributed by atoms with Gasteiger partial charge in [-0.2, -0.15) is 4.57 Å². The van der Waals surface area contributed by atoms with Crippen molar-refractivity contribution in [1.82, 2.24) is 4.90 Å². The lowest BCUT2D eigenvalue weighted by Crippen LogP contribution is -3.00. The number of aromatic nitrogens is 1. The summed E-state index contributed by atoms with van der Waals surface area (Å²) in [6.45, 7) is 0.966. The van der Waals surface area contributed by atoms with Gasteiger partial charge in [0.25, 0.3) is 5.01 Å². The average Bonchev–Trinajstić information content (AvgIpc) is 2.64. The van der Waals surface area contributed by atoms with Gasteiger partial charge < -0.3 is 12.4 Å². The number of halogens is 1. The van der Waals surface area contributed by atoms with Gasteiger partial charge in [-0.25, -0.2) is 0 Å². The molecular formula is C8H7ClN2S2. The van der Waals surface area contributed by atoms with Crippen LogP contribution in [0.15, 0.2) is 28.2 Å². The van der Waals surface area contributed by atoms with Crippen molar-refractivity contribution >= 4 is 29.2 Å². The summed E-state index contributed by atoms with van der Waals surface area (Å²) in [5.74, 6) is 0. The largest absolute Gasteiger partial charge is 1.00 e. The fourth-order valence-electron chi connectivity index (χ4n) is 1.37. The predicted molar refractivity (Wildman–Crippen MR) is 51.1 cm³/mol. The lowest BCUT2D eigenvalue weighted by molar-refractivity contribution is -0.710. The molecule has 0 bridgehead atoms. The summed E-state index contributed by atoms with van der Waals surface area (Å²) in [4.78, 5) is 2.25. The molecule has 0 saturated heterocycles. The first-order chi connectivity index (χ1) is 5.93. The fraction of sp³-hybridized carbons (Fsp3) is 0.125. The van der Waals surface area contributed by atoms with E-state index >= 15 is 0 Å². The van der Waals surface area contributed by atoms with Crippen LogP contribution >= 0.6 is 23.1 Å². The molecule has 0 unspecified atom stereocenters. The SMILES string of the molecule is C1=CN2C[n+]3ccsc3C=C2S1.[Cl-]. The van der Waals surface area contributed by atoms with Crippen molar-refractivity contribution in [3.8, 4) is 0 Å². The van der Waals surface area contributed by atoms with Gasteiger partial charge in [-0.05, 0) is 5.41 Å². The molecule has 5 heteroatoms. The van der Waals surface area contributed by atoms with E-state index in [1.54, 1.807) is 23.1 Å². The second-order valence-corrected chi connectivity index (χ2v) is 4.56. The Hall–Kier alpha value is -0.450. The van der Waals surface area contributed by atoms with Crippen LogP contribution in [-0.2, 0) is 6.67 Å². The van der Waals surface area contributed by atoms with E-state index in [9.17, 15) is 0 Å². The second kappa shape index (κ2) is 3.36. The zero-order chi connectivity index (χ0) is 7.97. The van der Waals surface area contributed by atoms with E-state index in [2.05, 4.69) is 38.7 Å². The number of fused-ring (bicyclic) bond motifs is 2. The smallest absolute Gasteiger partial charge is 0.265 e. The van der Waals surface area contributed by atoms with Gasteiger partial charge in [0, 0.05) is 6.20 Å². The van der Waals surface area contributed by atoms with Gasteiger partial charge in [-0.1, -0.05) is 23.1 Å². The Morgan fingerprint density at radius 2 is 2.38 bits per heavy atom. The normalized spacial score (nSPS) is 17.5. The van der Waals surface area contributed by atoms with Gasteiger partial charge in [-0.3, -0.25) is 4.90 Å². The zero-order valence-electron chi connectivity index (χ0n) is 6.68. The van der Waals surface area contributed by atoms with Gasteiger partial charge in [0.15, 0.2) is 6.20 Å². The van der Waals surface area contributed by atoms with Crippen LogP contribution in [0.3, 0.4) is 0 Å². The molecule has 0 fully saturated rings. The highest BCUT2D eigenvalue weighted by Gasteiger charge is 2.25. The topological polar surface area (TPSA) is 7.12 Å². The van der Waals surface area contributed by atoms with Crippen LogP contribution in [0.25, 0.3) is 6.08 Å². The number of thiazole rings is 1. The highest BCUT2D eigenvalue weighted by molar-refractivity contribution is 8.06. The van der Waals surface area contributed by atoms with Crippen LogP contribution < -0.4 is 17.0 Å². The molecule has 2 aliphatic rings. The molecule has 0 amide bonds. The molecule has 0 N–H and O–H groups in total. The van der Waals surface area contributed by atoms with Gasteiger partial charge >= 0.3 is 0 Å². The van der Waals surface area contributed by atoms with E-state index in [1.165, 1.54) is 10.0 Å². The summed E-state index contributed by atoms with van der Waals surface area (Å²) in [5.41, 5.74) is 0. The summed E-state index contributed by atoms with van der Waals surface area (Å²) >= 11 is 3.59. The first-order valence-electron chi connectivity index (χ1n) is 3.72. The number of thioether (sulfide) groups is 1. The second-order valence-electron chi connectivity index (χ2n) is 2.71. The number of hydrogen-bond acceptors (Lipinski definition) is 3. The fourth-order valence-corrected chi connectivity index (χ4v) is 3.00. The minimum absolute atomic E-state index is 0. The van der Waals surface area contributed by atoms with Crippen molar-refractivity contribution in [2.24, 2.45) is 0 Å². The first kappa shape index (κ1) is 9.12. The standard InChI is InChI=1S/C8H7N2S2.ClH/c1-3-11-7-5-8-10(2-4-12-8)6-9(1)7;/h1-5H,6H2;1H/q+1;/p-1. The molecule has 68 valence electrons. The Bertz CT molecular complexity index is 383. The Labute approximate surface area is 91.0 Å². The van der Waals surface area contributed by atoms with E-state index < -0.39 is 0 Å². The third-order valence-electron chi connectivity index (χ3n) is 1.98. The summed E-state index contributed by atoms with van der Waals surface area (Å²) in [5, 5.41) is 6.95. The highest BCUT2D eigenvalue weighted by atomic mass is 35.5. The summed E-state index contributed by atoms with van der Waals surface area (Å²) in [7, 11) is 0. The van der Waals surface area contributed by atoms with Crippen molar-refractivity contribution < 1.29 is 17.0 Å². The maximum Gasteiger partial charge on any atom is 0.265 e. The Morgan fingerprint density at radius 3 is 3.31 bits per heavy atom. The predicted octanol–water partition coefficient (Wildman–Crippen LogP) is -1.17. The van der Waals surface area contributed by atoms with Crippen molar-refractivity contribution in [2.75, 3.05) is 0 Å². The molecule has 0 radical (unpaired) electrons. The van der Waals surface area contributed by atoms with Crippen LogP contribution in [0.1, 0.15) is 5.01 Å². The van der Waals surface area contributed by atoms with Gasteiger partial charge in [0.2, 0.25) is 6.67 Å². The molecule has 13 heavy (non-hydrogen) atoms. The van der Waals surface area contributed by atoms with Gasteiger partial charge in [0.1, 0.15) is 0 Å². The Balaban J connectivity index is 0.000000653. The van der Waals surface area contributed by atoms with Gasteiger partial charge in [0.05, 0.1) is 16.5 Å². The minimum atomic E-state index is 0. The molecule has 0 saturated carbocycles. The minimum Gasteiger partial charge on any atom is -1.00 e. The summed E-state index contributed by atoms with van der Waals surface area (Å²) in [6.07, 6.45) is 6.49. The van der Waals surface area contributed by atoms with E-state index in [4.69, 9.17) is 0 Å². The highest BCUT2D eigenvalue weighted by Crippen LogP contribution is 2.32. The first-order valence-corrected chi connectivity index (χ1v) is 5.48.